The van der Waals surface area contributed by atoms with E-state index in [4.69, 9.17) is 11.6 Å². The van der Waals surface area contributed by atoms with Gasteiger partial charge < -0.3 is 10.6 Å². The molecule has 5 nitrogen and oxygen atoms in total. The van der Waals surface area contributed by atoms with Crippen LogP contribution >= 0.6 is 11.6 Å². The largest absolute Gasteiger partial charge is 0.416 e. The number of alkyl halides is 3. The monoisotopic (exact) mass is 398 g/mol. The second-order valence-corrected chi connectivity index (χ2v) is 6.01. The molecule has 0 spiro atoms. The highest BCUT2D eigenvalue weighted by atomic mass is 35.5. The Kier molecular flexibility index (Phi) is 6.22. The summed E-state index contributed by atoms with van der Waals surface area (Å²) < 4.78 is 38.2. The normalized spacial score (nSPS) is 11.0. The minimum Gasteiger partial charge on any atom is -0.326 e. The lowest BCUT2D eigenvalue weighted by molar-refractivity contribution is -0.137. The van der Waals surface area contributed by atoms with E-state index in [0.717, 1.165) is 12.1 Å². The maximum absolute atomic E-state index is 12.7. The van der Waals surface area contributed by atoms with Crippen LogP contribution < -0.4 is 10.6 Å². The van der Waals surface area contributed by atoms with Crippen molar-refractivity contribution in [2.75, 3.05) is 10.6 Å². The molecular weight excluding hydrogens is 385 g/mol. The first-order chi connectivity index (χ1) is 12.6. The Morgan fingerprint density at radius 1 is 0.963 bits per heavy atom. The zero-order chi connectivity index (χ0) is 20.2. The molecule has 0 radical (unpaired) electrons. The molecular formula is C18H14ClF3N2O3. The average molecular weight is 399 g/mol. The first kappa shape index (κ1) is 20.4. The predicted molar refractivity (Wildman–Crippen MR) is 94.8 cm³/mol. The molecule has 2 aromatic rings. The van der Waals surface area contributed by atoms with Crippen LogP contribution in [0.4, 0.5) is 24.5 Å². The van der Waals surface area contributed by atoms with Crippen LogP contribution in [0.1, 0.15) is 29.3 Å². The van der Waals surface area contributed by atoms with Gasteiger partial charge in [-0.25, -0.2) is 0 Å². The van der Waals surface area contributed by atoms with Gasteiger partial charge in [0.25, 0.3) is 0 Å². The molecule has 0 saturated heterocycles. The van der Waals surface area contributed by atoms with Crippen LogP contribution in [0.3, 0.4) is 0 Å². The quantitative estimate of drug-likeness (QED) is 0.574. The van der Waals surface area contributed by atoms with Gasteiger partial charge in [-0.2, -0.15) is 13.2 Å². The van der Waals surface area contributed by atoms with Crippen molar-refractivity contribution in [3.8, 4) is 0 Å². The molecule has 142 valence electrons. The summed E-state index contributed by atoms with van der Waals surface area (Å²) in [5.41, 5.74) is -0.382. The molecule has 2 rings (SSSR count). The van der Waals surface area contributed by atoms with E-state index < -0.39 is 30.0 Å². The van der Waals surface area contributed by atoms with E-state index in [1.807, 2.05) is 0 Å². The molecule has 0 atom stereocenters. The van der Waals surface area contributed by atoms with Gasteiger partial charge in [0.1, 0.15) is 6.42 Å². The number of amides is 2. The van der Waals surface area contributed by atoms with Crippen molar-refractivity contribution in [2.24, 2.45) is 0 Å². The number of halogens is 4. The summed E-state index contributed by atoms with van der Waals surface area (Å²) in [6, 6.07) is 8.51. The zero-order valence-electron chi connectivity index (χ0n) is 14.0. The number of carbonyl (C=O) groups is 3. The summed E-state index contributed by atoms with van der Waals surface area (Å²) in [5.74, 6) is -1.63. The van der Waals surface area contributed by atoms with Crippen LogP contribution in [0.15, 0.2) is 42.5 Å². The maximum atomic E-state index is 12.7. The molecule has 9 heteroatoms. The Hall–Kier alpha value is -2.87. The third-order valence-corrected chi connectivity index (χ3v) is 3.79. The summed E-state index contributed by atoms with van der Waals surface area (Å²) in [6.45, 7) is 1.40. The fraction of sp³-hybridized carbons (Fsp3) is 0.167. The van der Waals surface area contributed by atoms with E-state index in [1.54, 1.807) is 0 Å². The molecule has 0 aromatic heterocycles. The predicted octanol–water partition coefficient (Wildman–Crippen LogP) is 4.53. The molecule has 0 unspecified atom stereocenters. The zero-order valence-corrected chi connectivity index (χ0v) is 14.7. The minimum absolute atomic E-state index is 0.0865. The summed E-state index contributed by atoms with van der Waals surface area (Å²) >= 11 is 5.79. The SMILES string of the molecule is CC(=O)c1ccc(NC(=O)CC(=O)Nc2cc(C(F)(F)F)ccc2Cl)cc1. The van der Waals surface area contributed by atoms with Crippen molar-refractivity contribution in [1.82, 2.24) is 0 Å². The summed E-state index contributed by atoms with van der Waals surface area (Å²) in [7, 11) is 0. The fourth-order valence-electron chi connectivity index (χ4n) is 2.13. The van der Waals surface area contributed by atoms with Crippen LogP contribution in [-0.4, -0.2) is 17.6 Å². The summed E-state index contributed by atoms with van der Waals surface area (Å²) in [4.78, 5) is 35.0. The van der Waals surface area contributed by atoms with Gasteiger partial charge in [-0.15, -0.1) is 0 Å². The Balaban J connectivity index is 1.99. The Morgan fingerprint density at radius 3 is 2.11 bits per heavy atom. The van der Waals surface area contributed by atoms with Crippen molar-refractivity contribution in [3.63, 3.8) is 0 Å². The molecule has 0 fully saturated rings. The van der Waals surface area contributed by atoms with Gasteiger partial charge in [0.05, 0.1) is 16.3 Å². The summed E-state index contributed by atoms with van der Waals surface area (Å²) in [6.07, 6.45) is -5.21. The van der Waals surface area contributed by atoms with Gasteiger partial charge in [0.2, 0.25) is 11.8 Å². The highest BCUT2D eigenvalue weighted by Crippen LogP contribution is 2.33. The minimum atomic E-state index is -4.59. The lowest BCUT2D eigenvalue weighted by atomic mass is 10.1. The van der Waals surface area contributed by atoms with Gasteiger partial charge in [0.15, 0.2) is 5.78 Å². The Labute approximate surface area is 157 Å². The smallest absolute Gasteiger partial charge is 0.326 e. The molecule has 2 amide bonds. The van der Waals surface area contributed by atoms with Crippen molar-refractivity contribution in [3.05, 3.63) is 58.6 Å². The third-order valence-electron chi connectivity index (χ3n) is 3.46. The number of nitrogens with one attached hydrogen (secondary N) is 2. The van der Waals surface area contributed by atoms with Crippen LogP contribution in [-0.2, 0) is 15.8 Å². The van der Waals surface area contributed by atoms with E-state index in [2.05, 4.69) is 10.6 Å². The standard InChI is InChI=1S/C18H14ClF3N2O3/c1-10(25)11-2-5-13(6-3-11)23-16(26)9-17(27)24-15-8-12(18(20,21)22)4-7-14(15)19/h2-8H,9H2,1H3,(H,23,26)(H,24,27). The molecule has 0 aliphatic carbocycles. The molecule has 0 aliphatic heterocycles. The summed E-state index contributed by atoms with van der Waals surface area (Å²) in [5, 5.41) is 4.55. The number of hydrogen-bond donors (Lipinski definition) is 2. The average Bonchev–Trinajstić information content (AvgIpc) is 2.56. The first-order valence-electron chi connectivity index (χ1n) is 7.63. The van der Waals surface area contributed by atoms with Gasteiger partial charge in [-0.3, -0.25) is 14.4 Å². The number of anilines is 2. The lowest BCUT2D eigenvalue weighted by Crippen LogP contribution is -2.21. The van der Waals surface area contributed by atoms with Crippen LogP contribution in [0, 0.1) is 0 Å². The molecule has 27 heavy (non-hydrogen) atoms. The van der Waals surface area contributed by atoms with Crippen molar-refractivity contribution in [2.45, 2.75) is 19.5 Å². The highest BCUT2D eigenvalue weighted by Gasteiger charge is 2.31. The number of carbonyl (C=O) groups excluding carboxylic acids is 3. The van der Waals surface area contributed by atoms with Crippen molar-refractivity contribution in [1.29, 1.82) is 0 Å². The highest BCUT2D eigenvalue weighted by molar-refractivity contribution is 6.33. The van der Waals surface area contributed by atoms with E-state index in [9.17, 15) is 27.6 Å². The first-order valence-corrected chi connectivity index (χ1v) is 8.01. The number of hydrogen-bond acceptors (Lipinski definition) is 3. The van der Waals surface area contributed by atoms with Crippen LogP contribution in [0.2, 0.25) is 5.02 Å². The van der Waals surface area contributed by atoms with Gasteiger partial charge in [-0.1, -0.05) is 11.6 Å². The van der Waals surface area contributed by atoms with Crippen molar-refractivity contribution < 1.29 is 27.6 Å². The van der Waals surface area contributed by atoms with E-state index in [1.165, 1.54) is 31.2 Å². The molecule has 0 aliphatic rings. The molecule has 2 aromatic carbocycles. The topological polar surface area (TPSA) is 75.3 Å². The number of Topliss-reactive ketones (excluding diaryl/α,β-unsaturated/α-hetero) is 1. The van der Waals surface area contributed by atoms with E-state index >= 15 is 0 Å². The van der Waals surface area contributed by atoms with Crippen molar-refractivity contribution >= 4 is 40.6 Å². The number of rotatable bonds is 5. The van der Waals surface area contributed by atoms with Crippen LogP contribution in [0.25, 0.3) is 0 Å². The second-order valence-electron chi connectivity index (χ2n) is 5.60. The molecule has 2 N–H and O–H groups in total. The van der Waals surface area contributed by atoms with Crippen LogP contribution in [0.5, 0.6) is 0 Å². The Bertz CT molecular complexity index is 880. The lowest BCUT2D eigenvalue weighted by Gasteiger charge is -2.12. The molecule has 0 saturated carbocycles. The Morgan fingerprint density at radius 2 is 1.56 bits per heavy atom. The number of benzene rings is 2. The second kappa shape index (κ2) is 8.22. The van der Waals surface area contributed by atoms with Gasteiger partial charge in [0, 0.05) is 11.3 Å². The number of ketones is 1. The van der Waals surface area contributed by atoms with Gasteiger partial charge in [-0.05, 0) is 49.4 Å². The third kappa shape index (κ3) is 5.82. The molecule has 0 bridgehead atoms. The fourth-order valence-corrected chi connectivity index (χ4v) is 2.30. The van der Waals surface area contributed by atoms with E-state index in [0.29, 0.717) is 17.3 Å². The maximum Gasteiger partial charge on any atom is 0.416 e. The molecule has 0 heterocycles. The van der Waals surface area contributed by atoms with Gasteiger partial charge >= 0.3 is 6.18 Å². The van der Waals surface area contributed by atoms with E-state index in [-0.39, 0.29) is 16.5 Å².